The average molecular weight is 468 g/mol. The normalized spacial score (nSPS) is 14.8. The Kier molecular flexibility index (Phi) is 7.59. The summed E-state index contributed by atoms with van der Waals surface area (Å²) in [6, 6.07) is 17.5. The van der Waals surface area contributed by atoms with Crippen LogP contribution < -0.4 is 10.0 Å². The number of likely N-dealkylation sites (tertiary alicyclic amines) is 1. The molecule has 1 aliphatic heterocycles. The molecule has 0 spiro atoms. The van der Waals surface area contributed by atoms with Crippen LogP contribution >= 0.6 is 0 Å². The van der Waals surface area contributed by atoms with Crippen LogP contribution in [0.15, 0.2) is 76.2 Å². The minimum absolute atomic E-state index is 0.0639. The Morgan fingerprint density at radius 1 is 0.879 bits per heavy atom. The Hall–Kier alpha value is -2.94. The van der Waals surface area contributed by atoms with Gasteiger partial charge in [-0.15, -0.1) is 0 Å². The van der Waals surface area contributed by atoms with Gasteiger partial charge in [0.15, 0.2) is 0 Å². The Morgan fingerprint density at radius 3 is 2.30 bits per heavy atom. The average Bonchev–Trinajstić information content (AvgIpc) is 3.37. The topological polar surface area (TPSA) is 91.7 Å². The van der Waals surface area contributed by atoms with Gasteiger partial charge in [0.1, 0.15) is 5.76 Å². The summed E-state index contributed by atoms with van der Waals surface area (Å²) in [7, 11) is -3.70. The van der Waals surface area contributed by atoms with Crippen molar-refractivity contribution in [3.63, 3.8) is 0 Å². The van der Waals surface area contributed by atoms with Crippen LogP contribution in [-0.2, 0) is 29.7 Å². The number of nitrogens with one attached hydrogen (secondary N) is 2. The molecule has 2 heterocycles. The smallest absolute Gasteiger partial charge is 0.251 e. The van der Waals surface area contributed by atoms with E-state index < -0.39 is 10.0 Å². The second kappa shape index (κ2) is 10.8. The van der Waals surface area contributed by atoms with E-state index in [1.54, 1.807) is 12.1 Å². The highest BCUT2D eigenvalue weighted by molar-refractivity contribution is 7.89. The molecule has 1 aliphatic rings. The lowest BCUT2D eigenvalue weighted by molar-refractivity contribution is 0.0950. The van der Waals surface area contributed by atoms with Gasteiger partial charge < -0.3 is 9.73 Å². The molecule has 8 heteroatoms. The summed E-state index contributed by atoms with van der Waals surface area (Å²) in [4.78, 5) is 15.2. The van der Waals surface area contributed by atoms with E-state index in [4.69, 9.17) is 4.42 Å². The number of amides is 1. The van der Waals surface area contributed by atoms with Gasteiger partial charge in [-0.1, -0.05) is 30.7 Å². The van der Waals surface area contributed by atoms with Gasteiger partial charge in [0.05, 0.1) is 17.7 Å². The maximum absolute atomic E-state index is 12.7. The van der Waals surface area contributed by atoms with Gasteiger partial charge in [0.2, 0.25) is 10.0 Å². The first-order chi connectivity index (χ1) is 16.0. The van der Waals surface area contributed by atoms with Crippen LogP contribution in [-0.4, -0.2) is 32.3 Å². The number of carbonyl (C=O) groups excluding carboxylic acids is 1. The van der Waals surface area contributed by atoms with Crippen molar-refractivity contribution in [3.8, 4) is 0 Å². The van der Waals surface area contributed by atoms with Gasteiger partial charge in [-0.25, -0.2) is 13.1 Å². The summed E-state index contributed by atoms with van der Waals surface area (Å²) in [5.74, 6) is 0.283. The standard InChI is InChI=1S/C25H29N3O4S/c29-25(26-17-21-7-2-3-8-22(21)19-28-14-4-1-5-15-28)20-10-12-24(13-11-20)33(30,31)27-18-23-9-6-16-32-23/h2-3,6-13,16,27H,1,4-5,14-15,17-19H2,(H,26,29). The van der Waals surface area contributed by atoms with Crippen LogP contribution in [0.4, 0.5) is 0 Å². The molecule has 7 nitrogen and oxygen atoms in total. The van der Waals surface area contributed by atoms with Crippen molar-refractivity contribution in [2.75, 3.05) is 13.1 Å². The van der Waals surface area contributed by atoms with Gasteiger partial charge in [-0.3, -0.25) is 9.69 Å². The van der Waals surface area contributed by atoms with Crippen molar-refractivity contribution in [1.29, 1.82) is 0 Å². The zero-order valence-corrected chi connectivity index (χ0v) is 19.3. The van der Waals surface area contributed by atoms with Crippen molar-refractivity contribution < 1.29 is 17.6 Å². The Bertz CT molecular complexity index is 1150. The summed E-state index contributed by atoms with van der Waals surface area (Å²) in [5, 5.41) is 2.96. The molecular weight excluding hydrogens is 438 g/mol. The number of hydrogen-bond donors (Lipinski definition) is 2. The van der Waals surface area contributed by atoms with Gasteiger partial charge in [0.25, 0.3) is 5.91 Å². The molecule has 4 rings (SSSR count). The molecule has 1 aromatic heterocycles. The maximum atomic E-state index is 12.7. The minimum atomic E-state index is -3.70. The maximum Gasteiger partial charge on any atom is 0.251 e. The predicted octanol–water partition coefficient (Wildman–Crippen LogP) is 3.67. The molecule has 2 N–H and O–H groups in total. The Balaban J connectivity index is 1.34. The first-order valence-corrected chi connectivity index (χ1v) is 12.7. The third kappa shape index (κ3) is 6.31. The van der Waals surface area contributed by atoms with Crippen LogP contribution in [0, 0.1) is 0 Å². The van der Waals surface area contributed by atoms with Crippen molar-refractivity contribution in [1.82, 2.24) is 14.9 Å². The van der Waals surface area contributed by atoms with Crippen molar-refractivity contribution >= 4 is 15.9 Å². The minimum Gasteiger partial charge on any atom is -0.468 e. The van der Waals surface area contributed by atoms with Crippen molar-refractivity contribution in [2.24, 2.45) is 0 Å². The summed E-state index contributed by atoms with van der Waals surface area (Å²) < 4.78 is 32.6. The fourth-order valence-corrected chi connectivity index (χ4v) is 4.96. The summed E-state index contributed by atoms with van der Waals surface area (Å²) >= 11 is 0. The number of hydrogen-bond acceptors (Lipinski definition) is 5. The van der Waals surface area contributed by atoms with E-state index in [0.29, 0.717) is 17.9 Å². The molecule has 0 saturated carbocycles. The lowest BCUT2D eigenvalue weighted by Gasteiger charge is -2.27. The van der Waals surface area contributed by atoms with Gasteiger partial charge in [-0.05, 0) is 73.5 Å². The van der Waals surface area contributed by atoms with E-state index in [-0.39, 0.29) is 17.3 Å². The summed E-state index contributed by atoms with van der Waals surface area (Å²) in [5.41, 5.74) is 2.73. The molecule has 1 amide bonds. The number of sulfonamides is 1. The van der Waals surface area contributed by atoms with E-state index in [1.807, 2.05) is 18.2 Å². The number of carbonyl (C=O) groups is 1. The lowest BCUT2D eigenvalue weighted by Crippen LogP contribution is -2.30. The first kappa shape index (κ1) is 23.2. The van der Waals surface area contributed by atoms with E-state index in [1.165, 1.54) is 55.4 Å². The van der Waals surface area contributed by atoms with Crippen LogP contribution in [0.5, 0.6) is 0 Å². The molecule has 2 aromatic carbocycles. The first-order valence-electron chi connectivity index (χ1n) is 11.2. The fourth-order valence-electron chi connectivity index (χ4n) is 3.97. The molecule has 0 unspecified atom stereocenters. The zero-order valence-electron chi connectivity index (χ0n) is 18.5. The van der Waals surface area contributed by atoms with E-state index in [0.717, 1.165) is 25.2 Å². The van der Waals surface area contributed by atoms with Crippen LogP contribution in [0.25, 0.3) is 0 Å². The van der Waals surface area contributed by atoms with Gasteiger partial charge >= 0.3 is 0 Å². The van der Waals surface area contributed by atoms with Crippen molar-refractivity contribution in [3.05, 3.63) is 89.4 Å². The molecule has 1 saturated heterocycles. The number of nitrogens with zero attached hydrogens (tertiary/aromatic N) is 1. The number of piperidine rings is 1. The van der Waals surface area contributed by atoms with Crippen molar-refractivity contribution in [2.45, 2.75) is 43.8 Å². The third-order valence-electron chi connectivity index (χ3n) is 5.84. The van der Waals surface area contributed by atoms with Crippen LogP contribution in [0.3, 0.4) is 0 Å². The Labute approximate surface area is 194 Å². The van der Waals surface area contributed by atoms with E-state index in [9.17, 15) is 13.2 Å². The second-order valence-electron chi connectivity index (χ2n) is 8.22. The number of rotatable bonds is 9. The van der Waals surface area contributed by atoms with Gasteiger partial charge in [0, 0.05) is 18.7 Å². The highest BCUT2D eigenvalue weighted by atomic mass is 32.2. The third-order valence-corrected chi connectivity index (χ3v) is 7.26. The highest BCUT2D eigenvalue weighted by Gasteiger charge is 2.16. The largest absolute Gasteiger partial charge is 0.468 e. The molecule has 0 aliphatic carbocycles. The monoisotopic (exact) mass is 467 g/mol. The summed E-state index contributed by atoms with van der Waals surface area (Å²) in [6.07, 6.45) is 5.27. The summed E-state index contributed by atoms with van der Waals surface area (Å²) in [6.45, 7) is 3.62. The highest BCUT2D eigenvalue weighted by Crippen LogP contribution is 2.17. The molecule has 3 aromatic rings. The van der Waals surface area contributed by atoms with E-state index >= 15 is 0 Å². The molecule has 33 heavy (non-hydrogen) atoms. The number of benzene rings is 2. The van der Waals surface area contributed by atoms with Crippen LogP contribution in [0.1, 0.15) is 46.5 Å². The molecule has 0 atom stereocenters. The second-order valence-corrected chi connectivity index (χ2v) is 9.98. The molecule has 1 fully saturated rings. The SMILES string of the molecule is O=C(NCc1ccccc1CN1CCCCC1)c1ccc(S(=O)(=O)NCc2ccco2)cc1. The number of furan rings is 1. The molecular formula is C25H29N3O4S. The fraction of sp³-hybridized carbons (Fsp3) is 0.320. The quantitative estimate of drug-likeness (QED) is 0.501. The predicted molar refractivity (Wildman–Crippen MR) is 126 cm³/mol. The molecule has 0 radical (unpaired) electrons. The van der Waals surface area contributed by atoms with Gasteiger partial charge in [-0.2, -0.15) is 0 Å². The molecule has 0 bridgehead atoms. The lowest BCUT2D eigenvalue weighted by atomic mass is 10.0. The van der Waals surface area contributed by atoms with Crippen LogP contribution in [0.2, 0.25) is 0 Å². The molecule has 174 valence electrons. The van der Waals surface area contributed by atoms with E-state index in [2.05, 4.69) is 21.0 Å². The Morgan fingerprint density at radius 2 is 1.61 bits per heavy atom. The zero-order chi connectivity index (χ0) is 23.1.